The standard InChI is InChI=1S/C7H14ClO5PS/c1-3-12-14(9,13-4-2)7(5-6-7)15(8,10)11/h3-6H2,1-2H3. The molecule has 8 heteroatoms. The minimum Gasteiger partial charge on any atom is -0.308 e. The summed E-state index contributed by atoms with van der Waals surface area (Å²) in [6.07, 6.45) is 0.465. The predicted molar refractivity (Wildman–Crippen MR) is 57.6 cm³/mol. The van der Waals surface area contributed by atoms with Gasteiger partial charge in [-0.05, 0) is 26.7 Å². The van der Waals surface area contributed by atoms with E-state index in [1.165, 1.54) is 0 Å². The molecule has 0 aromatic heterocycles. The molecule has 5 nitrogen and oxygen atoms in total. The molecule has 90 valence electrons. The van der Waals surface area contributed by atoms with Gasteiger partial charge in [0.2, 0.25) is 9.05 Å². The van der Waals surface area contributed by atoms with Gasteiger partial charge < -0.3 is 9.05 Å². The lowest BCUT2D eigenvalue weighted by atomic mass is 10.9. The number of rotatable bonds is 6. The summed E-state index contributed by atoms with van der Waals surface area (Å²) >= 11 is 0. The SMILES string of the molecule is CCOP(=O)(OCC)C1(S(=O)(=O)Cl)CC1. The predicted octanol–water partition coefficient (Wildman–Crippen LogP) is 2.31. The highest BCUT2D eigenvalue weighted by Crippen LogP contribution is 2.74. The van der Waals surface area contributed by atoms with Gasteiger partial charge in [-0.2, -0.15) is 0 Å². The summed E-state index contributed by atoms with van der Waals surface area (Å²) in [5, 5.41) is 0. The van der Waals surface area contributed by atoms with Gasteiger partial charge in [0.1, 0.15) is 0 Å². The molecule has 0 saturated heterocycles. The normalized spacial score (nSPS) is 20.2. The highest BCUT2D eigenvalue weighted by molar-refractivity contribution is 8.19. The van der Waals surface area contributed by atoms with Gasteiger partial charge in [-0.1, -0.05) is 0 Å². The van der Waals surface area contributed by atoms with Crippen LogP contribution in [0.4, 0.5) is 0 Å². The van der Waals surface area contributed by atoms with Crippen molar-refractivity contribution < 1.29 is 22.0 Å². The highest BCUT2D eigenvalue weighted by Gasteiger charge is 2.69. The average molecular weight is 277 g/mol. The monoisotopic (exact) mass is 276 g/mol. The van der Waals surface area contributed by atoms with E-state index in [1.807, 2.05) is 0 Å². The van der Waals surface area contributed by atoms with Gasteiger partial charge >= 0.3 is 7.60 Å². The molecule has 0 unspecified atom stereocenters. The smallest absolute Gasteiger partial charge is 0.308 e. The Morgan fingerprint density at radius 1 is 1.27 bits per heavy atom. The highest BCUT2D eigenvalue weighted by atomic mass is 35.7. The van der Waals surface area contributed by atoms with E-state index in [0.717, 1.165) is 0 Å². The molecule has 0 atom stereocenters. The molecular formula is C7H14ClO5PS. The van der Waals surface area contributed by atoms with Crippen molar-refractivity contribution in [1.29, 1.82) is 0 Å². The second kappa shape index (κ2) is 4.34. The van der Waals surface area contributed by atoms with Crippen LogP contribution in [0.2, 0.25) is 0 Å². The molecule has 1 aliphatic carbocycles. The molecule has 1 aliphatic rings. The van der Waals surface area contributed by atoms with Crippen molar-refractivity contribution in [3.8, 4) is 0 Å². The molecule has 0 N–H and O–H groups in total. The van der Waals surface area contributed by atoms with Crippen LogP contribution < -0.4 is 0 Å². The van der Waals surface area contributed by atoms with Gasteiger partial charge in [0.25, 0.3) is 0 Å². The van der Waals surface area contributed by atoms with Crippen molar-refractivity contribution in [2.45, 2.75) is 31.2 Å². The average Bonchev–Trinajstić information content (AvgIpc) is 2.82. The minimum absolute atomic E-state index is 0.130. The molecule has 15 heavy (non-hydrogen) atoms. The molecule has 0 heterocycles. The third-order valence-electron chi connectivity index (χ3n) is 2.23. The van der Waals surface area contributed by atoms with E-state index in [2.05, 4.69) is 0 Å². The molecule has 0 radical (unpaired) electrons. The first-order valence-corrected chi connectivity index (χ1v) is 8.51. The Balaban J connectivity index is 3.06. The molecule has 0 aliphatic heterocycles. The van der Waals surface area contributed by atoms with Gasteiger partial charge in [-0.15, -0.1) is 0 Å². The molecule has 1 fully saturated rings. The fraction of sp³-hybridized carbons (Fsp3) is 1.00. The summed E-state index contributed by atoms with van der Waals surface area (Å²) < 4.78 is 43.4. The van der Waals surface area contributed by atoms with Crippen LogP contribution in [0.25, 0.3) is 0 Å². The molecule has 0 amide bonds. The van der Waals surface area contributed by atoms with Crippen molar-refractivity contribution in [3.05, 3.63) is 0 Å². The van der Waals surface area contributed by atoms with Gasteiger partial charge in [-0.25, -0.2) is 8.42 Å². The summed E-state index contributed by atoms with van der Waals surface area (Å²) in [6.45, 7) is 3.52. The second-order valence-electron chi connectivity index (χ2n) is 3.22. The number of hydrogen-bond donors (Lipinski definition) is 0. The number of hydrogen-bond acceptors (Lipinski definition) is 5. The van der Waals surface area contributed by atoms with Crippen molar-refractivity contribution in [2.24, 2.45) is 0 Å². The van der Waals surface area contributed by atoms with E-state index in [1.54, 1.807) is 13.8 Å². The molecule has 1 saturated carbocycles. The Morgan fingerprint density at radius 2 is 1.67 bits per heavy atom. The molecule has 0 aromatic carbocycles. The van der Waals surface area contributed by atoms with Crippen LogP contribution in [0.15, 0.2) is 0 Å². The third kappa shape index (κ3) is 2.24. The molecule has 0 spiro atoms. The van der Waals surface area contributed by atoms with Crippen LogP contribution >= 0.6 is 18.3 Å². The summed E-state index contributed by atoms with van der Waals surface area (Å²) in [7, 11) is -2.30. The fourth-order valence-corrected chi connectivity index (χ4v) is 6.45. The van der Waals surface area contributed by atoms with Crippen LogP contribution in [0.3, 0.4) is 0 Å². The van der Waals surface area contributed by atoms with Gasteiger partial charge in [-0.3, -0.25) is 4.57 Å². The summed E-state index contributed by atoms with van der Waals surface area (Å²) in [6, 6.07) is 0. The van der Waals surface area contributed by atoms with E-state index in [4.69, 9.17) is 19.7 Å². The van der Waals surface area contributed by atoms with E-state index in [-0.39, 0.29) is 26.1 Å². The molecule has 0 aromatic rings. The first-order chi connectivity index (χ1) is 6.83. The lowest BCUT2D eigenvalue weighted by Gasteiger charge is -2.23. The molecule has 1 rings (SSSR count). The van der Waals surface area contributed by atoms with Crippen molar-refractivity contribution >= 4 is 27.3 Å². The first kappa shape index (κ1) is 13.5. The van der Waals surface area contributed by atoms with Gasteiger partial charge in [0, 0.05) is 10.7 Å². The topological polar surface area (TPSA) is 69.7 Å². The van der Waals surface area contributed by atoms with Gasteiger partial charge in [0.15, 0.2) is 4.49 Å². The van der Waals surface area contributed by atoms with Gasteiger partial charge in [0.05, 0.1) is 13.2 Å². The van der Waals surface area contributed by atoms with Crippen LogP contribution in [-0.4, -0.2) is 26.1 Å². The lowest BCUT2D eigenvalue weighted by Crippen LogP contribution is -2.21. The van der Waals surface area contributed by atoms with Crippen LogP contribution in [0.1, 0.15) is 26.7 Å². The third-order valence-corrected chi connectivity index (χ3v) is 8.79. The quantitative estimate of drug-likeness (QED) is 0.550. The first-order valence-electron chi connectivity index (χ1n) is 4.66. The number of halogens is 1. The Bertz CT molecular complexity index is 365. The van der Waals surface area contributed by atoms with Crippen molar-refractivity contribution in [1.82, 2.24) is 0 Å². The lowest BCUT2D eigenvalue weighted by molar-refractivity contribution is 0.216. The maximum Gasteiger partial charge on any atom is 0.353 e. The Labute approximate surface area is 94.0 Å². The molecule has 0 bridgehead atoms. The van der Waals surface area contributed by atoms with E-state index in [0.29, 0.717) is 0 Å². The maximum atomic E-state index is 12.2. The van der Waals surface area contributed by atoms with Crippen molar-refractivity contribution in [3.63, 3.8) is 0 Å². The summed E-state index contributed by atoms with van der Waals surface area (Å²) in [4.78, 5) is 0. The van der Waals surface area contributed by atoms with E-state index < -0.39 is 21.1 Å². The Morgan fingerprint density at radius 3 is 1.87 bits per heavy atom. The molecular weight excluding hydrogens is 263 g/mol. The Kier molecular flexibility index (Phi) is 3.89. The largest absolute Gasteiger partial charge is 0.353 e. The Hall–Kier alpha value is 0.390. The van der Waals surface area contributed by atoms with Crippen LogP contribution in [0.5, 0.6) is 0 Å². The summed E-state index contributed by atoms with van der Waals surface area (Å²) in [5.41, 5.74) is 0. The fourth-order valence-electron chi connectivity index (χ4n) is 1.37. The van der Waals surface area contributed by atoms with Crippen molar-refractivity contribution in [2.75, 3.05) is 13.2 Å². The summed E-state index contributed by atoms with van der Waals surface area (Å²) in [5.74, 6) is 0. The maximum absolute atomic E-state index is 12.2. The van der Waals surface area contributed by atoms with Crippen LogP contribution in [-0.2, 0) is 22.7 Å². The minimum atomic E-state index is -3.93. The van der Waals surface area contributed by atoms with E-state index >= 15 is 0 Å². The second-order valence-corrected chi connectivity index (χ2v) is 8.76. The zero-order chi connectivity index (χ0) is 11.7. The van der Waals surface area contributed by atoms with Crippen LogP contribution in [0, 0.1) is 0 Å². The van der Waals surface area contributed by atoms with E-state index in [9.17, 15) is 13.0 Å². The zero-order valence-corrected chi connectivity index (χ0v) is 11.1. The zero-order valence-electron chi connectivity index (χ0n) is 8.60.